The van der Waals surface area contributed by atoms with Crippen LogP contribution in [-0.2, 0) is 11.2 Å². The van der Waals surface area contributed by atoms with Gasteiger partial charge < -0.3 is 4.74 Å². The predicted octanol–water partition coefficient (Wildman–Crippen LogP) is 2.49. The van der Waals surface area contributed by atoms with Crippen molar-refractivity contribution in [2.45, 2.75) is 32.2 Å². The Hall–Kier alpha value is -1.01. The first-order valence-electron chi connectivity index (χ1n) is 6.71. The number of nitrogens with one attached hydrogen (secondary N) is 1. The minimum absolute atomic E-state index is 0.265. The van der Waals surface area contributed by atoms with Crippen LogP contribution in [0.5, 0.6) is 0 Å². The third kappa shape index (κ3) is 4.24. The number of benzene rings is 1. The number of rotatable bonds is 8. The van der Waals surface area contributed by atoms with Gasteiger partial charge in [0.05, 0.1) is 15.2 Å². The molecule has 1 atom stereocenters. The number of hydrogen-bond acceptors (Lipinski definition) is 5. The monoisotopic (exact) mass is 279 g/mol. The Labute approximate surface area is 118 Å². The average molecular weight is 279 g/mol. The first-order chi connectivity index (χ1) is 9.33. The van der Waals surface area contributed by atoms with Crippen molar-refractivity contribution >= 4 is 21.6 Å². The fourth-order valence-electron chi connectivity index (χ4n) is 2.04. The zero-order chi connectivity index (χ0) is 13.5. The van der Waals surface area contributed by atoms with Gasteiger partial charge in [-0.2, -0.15) is 0 Å². The zero-order valence-electron chi connectivity index (χ0n) is 11.3. The summed E-state index contributed by atoms with van der Waals surface area (Å²) in [5.74, 6) is 5.62. The van der Waals surface area contributed by atoms with Gasteiger partial charge in [0.1, 0.15) is 0 Å². The number of aromatic nitrogens is 1. The second-order valence-corrected chi connectivity index (χ2v) is 5.60. The standard InChI is InChI=1S/C14H21N3OS/c1-2-18-9-5-6-11(17-15)10-14-16-12-7-3-4-8-13(12)19-14/h3-4,7-8,11,17H,2,5-6,9-10,15H2,1H3. The molecule has 0 aliphatic rings. The van der Waals surface area contributed by atoms with Gasteiger partial charge in [-0.05, 0) is 31.9 Å². The van der Waals surface area contributed by atoms with E-state index >= 15 is 0 Å². The maximum absolute atomic E-state index is 5.62. The van der Waals surface area contributed by atoms with Gasteiger partial charge in [-0.25, -0.2) is 4.98 Å². The molecule has 1 unspecified atom stereocenters. The van der Waals surface area contributed by atoms with Gasteiger partial charge >= 0.3 is 0 Å². The number of para-hydroxylation sites is 1. The molecule has 0 bridgehead atoms. The highest BCUT2D eigenvalue weighted by Crippen LogP contribution is 2.22. The van der Waals surface area contributed by atoms with Crippen molar-refractivity contribution in [2.75, 3.05) is 13.2 Å². The quantitative estimate of drug-likeness (QED) is 0.443. The minimum atomic E-state index is 0.265. The summed E-state index contributed by atoms with van der Waals surface area (Å²) in [6.45, 7) is 3.59. The van der Waals surface area contributed by atoms with Crippen LogP contribution in [0.15, 0.2) is 24.3 Å². The lowest BCUT2D eigenvalue weighted by Gasteiger charge is -2.13. The molecular formula is C14H21N3OS. The van der Waals surface area contributed by atoms with E-state index in [0.717, 1.165) is 43.0 Å². The van der Waals surface area contributed by atoms with E-state index in [0.29, 0.717) is 0 Å². The van der Waals surface area contributed by atoms with E-state index in [4.69, 9.17) is 10.6 Å². The van der Waals surface area contributed by atoms with E-state index in [-0.39, 0.29) is 6.04 Å². The van der Waals surface area contributed by atoms with Gasteiger partial charge in [0.25, 0.3) is 0 Å². The summed E-state index contributed by atoms with van der Waals surface area (Å²) in [5, 5.41) is 1.14. The first-order valence-corrected chi connectivity index (χ1v) is 7.53. The summed E-state index contributed by atoms with van der Waals surface area (Å²) < 4.78 is 6.58. The highest BCUT2D eigenvalue weighted by molar-refractivity contribution is 7.18. The van der Waals surface area contributed by atoms with Crippen LogP contribution in [0.25, 0.3) is 10.2 Å². The summed E-state index contributed by atoms with van der Waals surface area (Å²) in [6, 6.07) is 8.49. The van der Waals surface area contributed by atoms with Crippen LogP contribution in [0.2, 0.25) is 0 Å². The third-order valence-electron chi connectivity index (χ3n) is 3.04. The molecule has 0 fully saturated rings. The van der Waals surface area contributed by atoms with E-state index in [1.807, 2.05) is 19.1 Å². The Morgan fingerprint density at radius 3 is 3.00 bits per heavy atom. The van der Waals surface area contributed by atoms with Crippen LogP contribution in [-0.4, -0.2) is 24.2 Å². The molecule has 4 nitrogen and oxygen atoms in total. The highest BCUT2D eigenvalue weighted by atomic mass is 32.1. The third-order valence-corrected chi connectivity index (χ3v) is 4.10. The Morgan fingerprint density at radius 2 is 2.26 bits per heavy atom. The molecule has 0 radical (unpaired) electrons. The molecule has 0 saturated heterocycles. The van der Waals surface area contributed by atoms with Crippen molar-refractivity contribution in [2.24, 2.45) is 5.84 Å². The largest absolute Gasteiger partial charge is 0.382 e. The van der Waals surface area contributed by atoms with Crippen LogP contribution in [0.4, 0.5) is 0 Å². The SMILES string of the molecule is CCOCCCC(Cc1nc2ccccc2s1)NN. The molecule has 0 amide bonds. The van der Waals surface area contributed by atoms with Crippen LogP contribution < -0.4 is 11.3 Å². The Balaban J connectivity index is 1.90. The number of thiazole rings is 1. The van der Waals surface area contributed by atoms with E-state index < -0.39 is 0 Å². The molecule has 0 spiro atoms. The molecule has 2 rings (SSSR count). The highest BCUT2D eigenvalue weighted by Gasteiger charge is 2.11. The summed E-state index contributed by atoms with van der Waals surface area (Å²) in [7, 11) is 0. The lowest BCUT2D eigenvalue weighted by Crippen LogP contribution is -2.36. The van der Waals surface area contributed by atoms with Crippen molar-refractivity contribution in [3.63, 3.8) is 0 Å². The maximum atomic E-state index is 5.62. The van der Waals surface area contributed by atoms with Crippen molar-refractivity contribution < 1.29 is 4.74 Å². The zero-order valence-corrected chi connectivity index (χ0v) is 12.1. The molecule has 19 heavy (non-hydrogen) atoms. The van der Waals surface area contributed by atoms with Gasteiger partial charge in [-0.15, -0.1) is 11.3 Å². The lowest BCUT2D eigenvalue weighted by atomic mass is 10.1. The number of fused-ring (bicyclic) bond motifs is 1. The molecule has 1 heterocycles. The van der Waals surface area contributed by atoms with E-state index in [9.17, 15) is 0 Å². The topological polar surface area (TPSA) is 60.2 Å². The van der Waals surface area contributed by atoms with Crippen molar-refractivity contribution in [3.8, 4) is 0 Å². The number of nitrogens with two attached hydrogens (primary N) is 1. The molecule has 0 saturated carbocycles. The predicted molar refractivity (Wildman–Crippen MR) is 80.2 cm³/mol. The minimum Gasteiger partial charge on any atom is -0.382 e. The van der Waals surface area contributed by atoms with Gasteiger partial charge in [-0.1, -0.05) is 12.1 Å². The molecule has 5 heteroatoms. The second kappa shape index (κ2) is 7.55. The number of nitrogens with zero attached hydrogens (tertiary/aromatic N) is 1. The van der Waals surface area contributed by atoms with Gasteiger partial charge in [-0.3, -0.25) is 11.3 Å². The fraction of sp³-hybridized carbons (Fsp3) is 0.500. The Kier molecular flexibility index (Phi) is 5.72. The van der Waals surface area contributed by atoms with Crippen LogP contribution in [0, 0.1) is 0 Å². The van der Waals surface area contributed by atoms with Crippen molar-refractivity contribution in [1.82, 2.24) is 10.4 Å². The van der Waals surface area contributed by atoms with E-state index in [1.165, 1.54) is 4.70 Å². The van der Waals surface area contributed by atoms with Crippen LogP contribution in [0.1, 0.15) is 24.8 Å². The number of hydrogen-bond donors (Lipinski definition) is 2. The molecular weight excluding hydrogens is 258 g/mol. The smallest absolute Gasteiger partial charge is 0.0954 e. The van der Waals surface area contributed by atoms with Gasteiger partial charge in [0.15, 0.2) is 0 Å². The average Bonchev–Trinajstić information content (AvgIpc) is 2.84. The molecule has 104 valence electrons. The summed E-state index contributed by atoms with van der Waals surface area (Å²) in [5.41, 5.74) is 3.96. The second-order valence-electron chi connectivity index (χ2n) is 4.48. The first kappa shape index (κ1) is 14.4. The Bertz CT molecular complexity index is 467. The van der Waals surface area contributed by atoms with Crippen LogP contribution in [0.3, 0.4) is 0 Å². The number of hydrazine groups is 1. The summed E-state index contributed by atoms with van der Waals surface area (Å²) >= 11 is 1.75. The van der Waals surface area contributed by atoms with E-state index in [1.54, 1.807) is 11.3 Å². The van der Waals surface area contributed by atoms with Crippen LogP contribution >= 0.6 is 11.3 Å². The maximum Gasteiger partial charge on any atom is 0.0954 e. The fourth-order valence-corrected chi connectivity index (χ4v) is 3.09. The van der Waals surface area contributed by atoms with Gasteiger partial charge in [0, 0.05) is 25.7 Å². The van der Waals surface area contributed by atoms with E-state index in [2.05, 4.69) is 22.5 Å². The molecule has 0 aliphatic carbocycles. The molecule has 0 aliphatic heterocycles. The Morgan fingerprint density at radius 1 is 1.42 bits per heavy atom. The van der Waals surface area contributed by atoms with Crippen molar-refractivity contribution in [1.29, 1.82) is 0 Å². The normalized spacial score (nSPS) is 12.9. The van der Waals surface area contributed by atoms with Crippen molar-refractivity contribution in [3.05, 3.63) is 29.3 Å². The molecule has 1 aromatic heterocycles. The van der Waals surface area contributed by atoms with Gasteiger partial charge in [0.2, 0.25) is 0 Å². The summed E-state index contributed by atoms with van der Waals surface area (Å²) in [4.78, 5) is 4.64. The lowest BCUT2D eigenvalue weighted by molar-refractivity contribution is 0.140. The molecule has 2 aromatic rings. The summed E-state index contributed by atoms with van der Waals surface area (Å²) in [6.07, 6.45) is 2.90. The molecule has 3 N–H and O–H groups in total. The number of ether oxygens (including phenoxy) is 1. The molecule has 1 aromatic carbocycles.